The SMILES string of the molecule is CCCC/C=C/CCCCCCCCCCC(=O)N[C@@H](CCC(=O)NCCCC)C(=O)NCCCC. The summed E-state index contributed by atoms with van der Waals surface area (Å²) in [5.74, 6) is -0.342. The molecule has 0 aromatic heterocycles. The highest BCUT2D eigenvalue weighted by molar-refractivity contribution is 5.88. The van der Waals surface area contributed by atoms with Crippen molar-refractivity contribution in [2.75, 3.05) is 13.1 Å². The largest absolute Gasteiger partial charge is 0.356 e. The minimum absolute atomic E-state index is 0.0625. The van der Waals surface area contributed by atoms with E-state index in [0.717, 1.165) is 44.9 Å². The van der Waals surface area contributed by atoms with Crippen LogP contribution in [0.3, 0.4) is 0 Å². The lowest BCUT2D eigenvalue weighted by atomic mass is 10.1. The molecule has 210 valence electrons. The van der Waals surface area contributed by atoms with Crippen molar-refractivity contribution in [1.29, 1.82) is 0 Å². The highest BCUT2D eigenvalue weighted by Gasteiger charge is 2.21. The Kier molecular flexibility index (Phi) is 24.9. The van der Waals surface area contributed by atoms with E-state index in [2.05, 4.69) is 48.9 Å². The van der Waals surface area contributed by atoms with Crippen LogP contribution in [0.25, 0.3) is 0 Å². The van der Waals surface area contributed by atoms with Gasteiger partial charge in [0.1, 0.15) is 6.04 Å². The first-order valence-electron chi connectivity index (χ1n) is 15.0. The minimum Gasteiger partial charge on any atom is -0.356 e. The second kappa shape index (κ2) is 26.2. The average Bonchev–Trinajstić information content (AvgIpc) is 2.87. The summed E-state index contributed by atoms with van der Waals surface area (Å²) in [6, 6.07) is -0.646. The molecule has 0 saturated carbocycles. The maximum Gasteiger partial charge on any atom is 0.242 e. The Morgan fingerprint density at radius 1 is 0.583 bits per heavy atom. The predicted molar refractivity (Wildman–Crippen MR) is 152 cm³/mol. The maximum atomic E-state index is 12.6. The van der Waals surface area contributed by atoms with Crippen LogP contribution in [0.2, 0.25) is 0 Å². The molecule has 36 heavy (non-hydrogen) atoms. The van der Waals surface area contributed by atoms with Crippen LogP contribution in [0.5, 0.6) is 0 Å². The first-order valence-corrected chi connectivity index (χ1v) is 15.0. The number of carbonyl (C=O) groups is 3. The molecule has 0 aliphatic rings. The van der Waals surface area contributed by atoms with Gasteiger partial charge in [-0.2, -0.15) is 0 Å². The maximum absolute atomic E-state index is 12.6. The number of amides is 3. The van der Waals surface area contributed by atoms with Gasteiger partial charge in [-0.3, -0.25) is 14.4 Å². The van der Waals surface area contributed by atoms with E-state index in [4.69, 9.17) is 0 Å². The molecule has 0 bridgehead atoms. The summed E-state index contributed by atoms with van der Waals surface area (Å²) in [6.45, 7) is 7.63. The zero-order valence-electron chi connectivity index (χ0n) is 23.8. The van der Waals surface area contributed by atoms with Crippen LogP contribution in [0.4, 0.5) is 0 Å². The molecule has 0 fully saturated rings. The van der Waals surface area contributed by atoms with Crippen LogP contribution in [0.1, 0.15) is 143 Å². The predicted octanol–water partition coefficient (Wildman–Crippen LogP) is 6.73. The van der Waals surface area contributed by atoms with E-state index >= 15 is 0 Å². The van der Waals surface area contributed by atoms with Gasteiger partial charge in [0.25, 0.3) is 0 Å². The Morgan fingerprint density at radius 3 is 1.72 bits per heavy atom. The fourth-order valence-corrected chi connectivity index (χ4v) is 3.98. The van der Waals surface area contributed by atoms with Gasteiger partial charge in [-0.25, -0.2) is 0 Å². The molecule has 6 heteroatoms. The zero-order chi connectivity index (χ0) is 26.7. The van der Waals surface area contributed by atoms with Crippen LogP contribution >= 0.6 is 0 Å². The third kappa shape index (κ3) is 22.6. The van der Waals surface area contributed by atoms with Crippen molar-refractivity contribution in [3.63, 3.8) is 0 Å². The Bertz CT molecular complexity index is 578. The number of allylic oxidation sites excluding steroid dienone is 2. The molecule has 0 aromatic rings. The summed E-state index contributed by atoms with van der Waals surface area (Å²) in [7, 11) is 0. The number of hydrogen-bond acceptors (Lipinski definition) is 3. The quantitative estimate of drug-likeness (QED) is 0.0945. The fraction of sp³-hybridized carbons (Fsp3) is 0.833. The van der Waals surface area contributed by atoms with Crippen molar-refractivity contribution in [3.05, 3.63) is 12.2 Å². The number of rotatable bonds is 25. The molecular weight excluding hydrogens is 450 g/mol. The van der Waals surface area contributed by atoms with Crippen molar-refractivity contribution in [3.8, 4) is 0 Å². The van der Waals surface area contributed by atoms with E-state index in [1.165, 1.54) is 57.8 Å². The van der Waals surface area contributed by atoms with Crippen LogP contribution in [0.15, 0.2) is 12.2 Å². The summed E-state index contributed by atoms with van der Waals surface area (Å²) in [5, 5.41) is 8.65. The van der Waals surface area contributed by atoms with Gasteiger partial charge in [0, 0.05) is 25.9 Å². The van der Waals surface area contributed by atoms with E-state index < -0.39 is 6.04 Å². The second-order valence-corrected chi connectivity index (χ2v) is 9.99. The van der Waals surface area contributed by atoms with E-state index in [0.29, 0.717) is 25.9 Å². The summed E-state index contributed by atoms with van der Waals surface area (Å²) >= 11 is 0. The molecule has 3 amide bonds. The Hall–Kier alpha value is -1.85. The van der Waals surface area contributed by atoms with Gasteiger partial charge < -0.3 is 16.0 Å². The van der Waals surface area contributed by atoms with E-state index in [-0.39, 0.29) is 24.1 Å². The number of unbranched alkanes of at least 4 members (excludes halogenated alkanes) is 12. The molecule has 1 atom stereocenters. The molecule has 0 aromatic carbocycles. The summed E-state index contributed by atoms with van der Waals surface area (Å²) in [4.78, 5) is 37.1. The molecule has 0 unspecified atom stereocenters. The highest BCUT2D eigenvalue weighted by Crippen LogP contribution is 2.11. The zero-order valence-corrected chi connectivity index (χ0v) is 23.8. The van der Waals surface area contributed by atoms with Crippen LogP contribution < -0.4 is 16.0 Å². The molecular formula is C30H57N3O3. The van der Waals surface area contributed by atoms with Crippen LogP contribution in [-0.4, -0.2) is 36.9 Å². The normalized spacial score (nSPS) is 12.0. The Labute approximate surface area is 222 Å². The lowest BCUT2D eigenvalue weighted by Crippen LogP contribution is -2.47. The van der Waals surface area contributed by atoms with Gasteiger partial charge >= 0.3 is 0 Å². The molecule has 3 N–H and O–H groups in total. The van der Waals surface area contributed by atoms with Crippen molar-refractivity contribution in [2.24, 2.45) is 0 Å². The number of carbonyl (C=O) groups excluding carboxylic acids is 3. The van der Waals surface area contributed by atoms with E-state index in [1.54, 1.807) is 0 Å². The first-order chi connectivity index (χ1) is 17.5. The monoisotopic (exact) mass is 507 g/mol. The molecule has 0 radical (unpaired) electrons. The molecule has 0 spiro atoms. The topological polar surface area (TPSA) is 87.3 Å². The summed E-state index contributed by atoms with van der Waals surface area (Å²) in [5.41, 5.74) is 0. The van der Waals surface area contributed by atoms with Crippen molar-refractivity contribution in [1.82, 2.24) is 16.0 Å². The van der Waals surface area contributed by atoms with Gasteiger partial charge in [0.15, 0.2) is 0 Å². The first kappa shape index (κ1) is 34.1. The standard InChI is InChI=1S/C30H57N3O3/c1-4-7-10-11-12-13-14-15-16-17-18-19-20-21-22-29(35)33-27(30(36)32-26-9-6-3)23-24-28(34)31-25-8-5-2/h11-12,27H,4-10,13-26H2,1-3H3,(H,31,34)(H,32,36)(H,33,35)/b12-11+/t27-/m0/s1. The van der Waals surface area contributed by atoms with Crippen LogP contribution in [-0.2, 0) is 14.4 Å². The Morgan fingerprint density at radius 2 is 1.11 bits per heavy atom. The lowest BCUT2D eigenvalue weighted by molar-refractivity contribution is -0.129. The van der Waals surface area contributed by atoms with Crippen molar-refractivity contribution < 1.29 is 14.4 Å². The second-order valence-electron chi connectivity index (χ2n) is 9.99. The number of hydrogen-bond donors (Lipinski definition) is 3. The van der Waals surface area contributed by atoms with Gasteiger partial charge in [0.2, 0.25) is 17.7 Å². The van der Waals surface area contributed by atoms with Gasteiger partial charge in [-0.05, 0) is 44.9 Å². The van der Waals surface area contributed by atoms with Gasteiger partial charge in [-0.1, -0.05) is 97.1 Å². The van der Waals surface area contributed by atoms with Crippen LogP contribution in [0, 0.1) is 0 Å². The minimum atomic E-state index is -0.646. The summed E-state index contributed by atoms with van der Waals surface area (Å²) in [6.07, 6.45) is 24.0. The molecule has 6 nitrogen and oxygen atoms in total. The van der Waals surface area contributed by atoms with Gasteiger partial charge in [-0.15, -0.1) is 0 Å². The fourth-order valence-electron chi connectivity index (χ4n) is 3.98. The Balaban J connectivity index is 4.05. The summed E-state index contributed by atoms with van der Waals surface area (Å²) < 4.78 is 0. The molecule has 0 rings (SSSR count). The molecule has 0 saturated heterocycles. The number of nitrogens with one attached hydrogen (secondary N) is 3. The average molecular weight is 508 g/mol. The van der Waals surface area contributed by atoms with E-state index in [9.17, 15) is 14.4 Å². The third-order valence-electron chi connectivity index (χ3n) is 6.41. The molecule has 0 aliphatic carbocycles. The van der Waals surface area contributed by atoms with Crippen molar-refractivity contribution in [2.45, 2.75) is 149 Å². The molecule has 0 aliphatic heterocycles. The van der Waals surface area contributed by atoms with Gasteiger partial charge in [0.05, 0.1) is 0 Å². The van der Waals surface area contributed by atoms with E-state index in [1.807, 2.05) is 0 Å². The lowest BCUT2D eigenvalue weighted by Gasteiger charge is -2.18. The van der Waals surface area contributed by atoms with Crippen molar-refractivity contribution >= 4 is 17.7 Å². The highest BCUT2D eigenvalue weighted by atomic mass is 16.2. The molecule has 0 heterocycles. The smallest absolute Gasteiger partial charge is 0.242 e. The third-order valence-corrected chi connectivity index (χ3v) is 6.41.